The number of anilines is 1. The number of amides is 1. The van der Waals surface area contributed by atoms with Crippen molar-refractivity contribution in [3.8, 4) is 0 Å². The summed E-state index contributed by atoms with van der Waals surface area (Å²) >= 11 is 1.42. The Morgan fingerprint density at radius 3 is 2.54 bits per heavy atom. The highest BCUT2D eigenvalue weighted by Gasteiger charge is 2.16. The van der Waals surface area contributed by atoms with Gasteiger partial charge in [-0.2, -0.15) is 4.37 Å². The van der Waals surface area contributed by atoms with E-state index in [2.05, 4.69) is 64.5 Å². The molecule has 2 rings (SSSR count). The third-order valence-corrected chi connectivity index (χ3v) is 5.10. The quantitative estimate of drug-likeness (QED) is 0.625. The molecule has 1 amide bonds. The van der Waals surface area contributed by atoms with E-state index < -0.39 is 0 Å². The molecule has 0 saturated heterocycles. The standard InChI is InChI=1S/C21H33N5OS/c1-16(2)15-26(12-10-20(27)22-11-13-25(4)5)21-23-19(24-28-21)14-18-8-6-17(3)7-9-18/h6-9,16H,10-15H2,1-5H3,(H,22,27). The molecule has 2 aromatic rings. The van der Waals surface area contributed by atoms with Crippen molar-refractivity contribution in [2.45, 2.75) is 33.6 Å². The van der Waals surface area contributed by atoms with E-state index in [1.54, 1.807) is 0 Å². The second-order valence-corrected chi connectivity index (χ2v) is 8.63. The lowest BCUT2D eigenvalue weighted by Crippen LogP contribution is -2.35. The number of benzene rings is 1. The molecule has 7 heteroatoms. The van der Waals surface area contributed by atoms with Gasteiger partial charge in [-0.3, -0.25) is 4.79 Å². The van der Waals surface area contributed by atoms with Gasteiger partial charge in [-0.05, 0) is 32.5 Å². The summed E-state index contributed by atoms with van der Waals surface area (Å²) in [6, 6.07) is 8.48. The van der Waals surface area contributed by atoms with E-state index in [0.29, 0.717) is 25.4 Å². The Morgan fingerprint density at radius 2 is 1.89 bits per heavy atom. The second kappa shape index (κ2) is 11.1. The van der Waals surface area contributed by atoms with Crippen molar-refractivity contribution in [1.82, 2.24) is 19.6 Å². The Kier molecular flexibility index (Phi) is 8.86. The van der Waals surface area contributed by atoms with Crippen LogP contribution in [-0.2, 0) is 11.2 Å². The summed E-state index contributed by atoms with van der Waals surface area (Å²) in [5, 5.41) is 3.88. The van der Waals surface area contributed by atoms with Gasteiger partial charge in [0.05, 0.1) is 0 Å². The molecule has 0 aliphatic rings. The van der Waals surface area contributed by atoms with Crippen LogP contribution in [0.3, 0.4) is 0 Å². The molecule has 0 bridgehead atoms. The molecule has 0 aliphatic heterocycles. The second-order valence-electron chi connectivity index (χ2n) is 7.90. The van der Waals surface area contributed by atoms with Crippen LogP contribution in [0.25, 0.3) is 0 Å². The zero-order chi connectivity index (χ0) is 20.5. The Labute approximate surface area is 173 Å². The van der Waals surface area contributed by atoms with Crippen molar-refractivity contribution in [2.24, 2.45) is 5.92 Å². The van der Waals surface area contributed by atoms with Crippen molar-refractivity contribution < 1.29 is 4.79 Å². The highest BCUT2D eigenvalue weighted by Crippen LogP contribution is 2.20. The zero-order valence-corrected chi connectivity index (χ0v) is 18.6. The third-order valence-electron chi connectivity index (χ3n) is 4.29. The molecule has 6 nitrogen and oxygen atoms in total. The monoisotopic (exact) mass is 403 g/mol. The fraction of sp³-hybridized carbons (Fsp3) is 0.571. The number of rotatable bonds is 11. The van der Waals surface area contributed by atoms with E-state index >= 15 is 0 Å². The molecule has 28 heavy (non-hydrogen) atoms. The maximum atomic E-state index is 12.1. The Balaban J connectivity index is 1.94. The molecule has 1 heterocycles. The van der Waals surface area contributed by atoms with Gasteiger partial charge in [0.1, 0.15) is 5.82 Å². The Bertz CT molecular complexity index is 727. The van der Waals surface area contributed by atoms with Crippen LogP contribution in [-0.4, -0.2) is 60.4 Å². The number of carbonyl (C=O) groups excluding carboxylic acids is 1. The van der Waals surface area contributed by atoms with Crippen molar-refractivity contribution in [3.63, 3.8) is 0 Å². The topological polar surface area (TPSA) is 61.4 Å². The molecule has 0 radical (unpaired) electrons. The van der Waals surface area contributed by atoms with Crippen LogP contribution in [0, 0.1) is 12.8 Å². The minimum absolute atomic E-state index is 0.0833. The summed E-state index contributed by atoms with van der Waals surface area (Å²) < 4.78 is 4.54. The van der Waals surface area contributed by atoms with Crippen LogP contribution in [0.1, 0.15) is 37.2 Å². The number of nitrogens with zero attached hydrogens (tertiary/aromatic N) is 4. The predicted molar refractivity (Wildman–Crippen MR) is 117 cm³/mol. The fourth-order valence-electron chi connectivity index (χ4n) is 2.78. The van der Waals surface area contributed by atoms with E-state index in [1.807, 2.05) is 14.1 Å². The minimum atomic E-state index is 0.0833. The maximum absolute atomic E-state index is 12.1. The number of likely N-dealkylation sites (N-methyl/N-ethyl adjacent to an activating group) is 1. The molecule has 0 saturated carbocycles. The summed E-state index contributed by atoms with van der Waals surface area (Å²) in [5.74, 6) is 1.41. The number of aromatic nitrogens is 2. The van der Waals surface area contributed by atoms with E-state index in [-0.39, 0.29) is 5.91 Å². The Morgan fingerprint density at radius 1 is 1.18 bits per heavy atom. The number of hydrogen-bond acceptors (Lipinski definition) is 6. The molecule has 1 N–H and O–H groups in total. The molecule has 0 spiro atoms. The zero-order valence-electron chi connectivity index (χ0n) is 17.7. The van der Waals surface area contributed by atoms with Gasteiger partial charge in [0.15, 0.2) is 0 Å². The molecule has 0 atom stereocenters. The molecular formula is C21H33N5OS. The lowest BCUT2D eigenvalue weighted by atomic mass is 10.1. The maximum Gasteiger partial charge on any atom is 0.221 e. The molecule has 1 aromatic heterocycles. The molecule has 0 unspecified atom stereocenters. The van der Waals surface area contributed by atoms with E-state index in [0.717, 1.165) is 30.5 Å². The van der Waals surface area contributed by atoms with Gasteiger partial charge >= 0.3 is 0 Å². The molecule has 0 aliphatic carbocycles. The first-order valence-corrected chi connectivity index (χ1v) is 10.7. The predicted octanol–water partition coefficient (Wildman–Crippen LogP) is 2.97. The SMILES string of the molecule is Cc1ccc(Cc2nsc(N(CCC(=O)NCCN(C)C)CC(C)C)n2)cc1. The first-order chi connectivity index (χ1) is 13.3. The molecule has 154 valence electrons. The molecule has 1 aromatic carbocycles. The van der Waals surface area contributed by atoms with Crippen LogP contribution in [0.5, 0.6) is 0 Å². The summed E-state index contributed by atoms with van der Waals surface area (Å²) in [6.07, 6.45) is 1.20. The van der Waals surface area contributed by atoms with Gasteiger partial charge in [0, 0.05) is 50.6 Å². The lowest BCUT2D eigenvalue weighted by Gasteiger charge is -2.23. The van der Waals surface area contributed by atoms with Gasteiger partial charge < -0.3 is 15.1 Å². The highest BCUT2D eigenvalue weighted by molar-refractivity contribution is 7.09. The van der Waals surface area contributed by atoms with E-state index in [9.17, 15) is 4.79 Å². The van der Waals surface area contributed by atoms with Crippen molar-refractivity contribution in [2.75, 3.05) is 45.2 Å². The van der Waals surface area contributed by atoms with Crippen molar-refractivity contribution in [3.05, 3.63) is 41.2 Å². The van der Waals surface area contributed by atoms with Crippen LogP contribution in [0.2, 0.25) is 0 Å². The third kappa shape index (κ3) is 7.94. The van der Waals surface area contributed by atoms with Gasteiger partial charge in [-0.1, -0.05) is 43.7 Å². The average Bonchev–Trinajstić information content (AvgIpc) is 3.08. The number of aryl methyl sites for hydroxylation is 1. The van der Waals surface area contributed by atoms with Crippen molar-refractivity contribution in [1.29, 1.82) is 0 Å². The van der Waals surface area contributed by atoms with Gasteiger partial charge in [-0.25, -0.2) is 4.98 Å². The van der Waals surface area contributed by atoms with Gasteiger partial charge in [0.2, 0.25) is 11.0 Å². The smallest absolute Gasteiger partial charge is 0.221 e. The first-order valence-electron chi connectivity index (χ1n) is 9.88. The van der Waals surface area contributed by atoms with Gasteiger partial charge in [-0.15, -0.1) is 0 Å². The summed E-state index contributed by atoms with van der Waals surface area (Å²) in [6.45, 7) is 9.49. The molecular weight excluding hydrogens is 370 g/mol. The minimum Gasteiger partial charge on any atom is -0.355 e. The van der Waals surface area contributed by atoms with Crippen LogP contribution >= 0.6 is 11.5 Å². The summed E-state index contributed by atoms with van der Waals surface area (Å²) in [4.78, 5) is 21.1. The number of nitrogens with one attached hydrogen (secondary N) is 1. The summed E-state index contributed by atoms with van der Waals surface area (Å²) in [5.41, 5.74) is 2.47. The van der Waals surface area contributed by atoms with Crippen LogP contribution in [0.4, 0.5) is 5.13 Å². The Hall–Kier alpha value is -1.99. The average molecular weight is 404 g/mol. The van der Waals surface area contributed by atoms with E-state index in [1.165, 1.54) is 22.7 Å². The largest absolute Gasteiger partial charge is 0.355 e. The first kappa shape index (κ1) is 22.3. The number of carbonyl (C=O) groups is 1. The molecule has 0 fully saturated rings. The summed E-state index contributed by atoms with van der Waals surface area (Å²) in [7, 11) is 4.00. The van der Waals surface area contributed by atoms with E-state index in [4.69, 9.17) is 4.98 Å². The normalized spacial score (nSPS) is 11.2. The van der Waals surface area contributed by atoms with Crippen LogP contribution in [0.15, 0.2) is 24.3 Å². The van der Waals surface area contributed by atoms with Gasteiger partial charge in [0.25, 0.3) is 0 Å². The lowest BCUT2D eigenvalue weighted by molar-refractivity contribution is -0.120. The fourth-order valence-corrected chi connectivity index (χ4v) is 3.50. The van der Waals surface area contributed by atoms with Crippen molar-refractivity contribution >= 4 is 22.6 Å². The number of hydrogen-bond donors (Lipinski definition) is 1. The highest BCUT2D eigenvalue weighted by atomic mass is 32.1. The van der Waals surface area contributed by atoms with Crippen LogP contribution < -0.4 is 10.2 Å².